The van der Waals surface area contributed by atoms with Gasteiger partial charge >= 0.3 is 11.9 Å². The number of hydrogen-bond donors (Lipinski definition) is 0. The van der Waals surface area contributed by atoms with Crippen LogP contribution in [0, 0.1) is 0 Å². The molecule has 0 aliphatic heterocycles. The van der Waals surface area contributed by atoms with Crippen molar-refractivity contribution in [1.29, 1.82) is 0 Å². The Morgan fingerprint density at radius 1 is 1.25 bits per heavy atom. The van der Waals surface area contributed by atoms with Crippen LogP contribution < -0.4 is 4.74 Å². The summed E-state index contributed by atoms with van der Waals surface area (Å²) in [5, 5.41) is 0.484. The smallest absolute Gasteiger partial charge is 0.308 e. The highest BCUT2D eigenvalue weighted by molar-refractivity contribution is 6.30. The van der Waals surface area contributed by atoms with Crippen LogP contribution in [0.25, 0.3) is 0 Å². The third-order valence-corrected chi connectivity index (χ3v) is 1.94. The molecule has 1 aromatic carbocycles. The predicted octanol–water partition coefficient (Wildman–Crippen LogP) is 2.33. The van der Waals surface area contributed by atoms with Crippen LogP contribution >= 0.6 is 11.6 Å². The van der Waals surface area contributed by atoms with Gasteiger partial charge in [0.25, 0.3) is 0 Å². The van der Waals surface area contributed by atoms with Crippen LogP contribution in [0.2, 0.25) is 5.02 Å². The van der Waals surface area contributed by atoms with E-state index in [1.807, 2.05) is 0 Å². The first-order valence-electron chi connectivity index (χ1n) is 4.59. The Kier molecular flexibility index (Phi) is 4.31. The van der Waals surface area contributed by atoms with Gasteiger partial charge in [-0.25, -0.2) is 0 Å². The Labute approximate surface area is 98.1 Å². The molecule has 0 N–H and O–H groups in total. The molecule has 5 heteroatoms. The fraction of sp³-hybridized carbons (Fsp3) is 0.273. The van der Waals surface area contributed by atoms with Crippen LogP contribution in [0.1, 0.15) is 19.4 Å². The lowest BCUT2D eigenvalue weighted by Gasteiger charge is -2.09. The summed E-state index contributed by atoms with van der Waals surface area (Å²) in [6.45, 7) is 2.62. The van der Waals surface area contributed by atoms with Gasteiger partial charge in [-0.05, 0) is 18.2 Å². The number of ether oxygens (including phenoxy) is 2. The zero-order valence-corrected chi connectivity index (χ0v) is 9.71. The van der Waals surface area contributed by atoms with Crippen molar-refractivity contribution in [2.24, 2.45) is 0 Å². The van der Waals surface area contributed by atoms with Crippen LogP contribution in [0.4, 0.5) is 0 Å². The Morgan fingerprint density at radius 3 is 2.50 bits per heavy atom. The van der Waals surface area contributed by atoms with Gasteiger partial charge in [0, 0.05) is 24.4 Å². The summed E-state index contributed by atoms with van der Waals surface area (Å²) in [5.74, 6) is -0.502. The van der Waals surface area contributed by atoms with Crippen molar-refractivity contribution in [2.75, 3.05) is 0 Å². The number of hydrogen-bond acceptors (Lipinski definition) is 4. The molecule has 0 fully saturated rings. The molecule has 0 bridgehead atoms. The topological polar surface area (TPSA) is 52.6 Å². The predicted molar refractivity (Wildman–Crippen MR) is 58.2 cm³/mol. The molecule has 86 valence electrons. The van der Waals surface area contributed by atoms with E-state index in [4.69, 9.17) is 21.1 Å². The van der Waals surface area contributed by atoms with Crippen molar-refractivity contribution in [3.63, 3.8) is 0 Å². The molecule has 4 nitrogen and oxygen atoms in total. The largest absolute Gasteiger partial charge is 0.461 e. The van der Waals surface area contributed by atoms with Crippen molar-refractivity contribution in [3.8, 4) is 5.75 Å². The maximum atomic E-state index is 10.8. The molecule has 0 unspecified atom stereocenters. The Balaban J connectivity index is 2.89. The summed E-state index contributed by atoms with van der Waals surface area (Å²) in [4.78, 5) is 21.5. The summed E-state index contributed by atoms with van der Waals surface area (Å²) in [6, 6.07) is 4.74. The highest BCUT2D eigenvalue weighted by Crippen LogP contribution is 2.23. The van der Waals surface area contributed by atoms with E-state index in [1.165, 1.54) is 13.8 Å². The van der Waals surface area contributed by atoms with Crippen LogP contribution in [0.5, 0.6) is 5.75 Å². The molecular weight excluding hydrogens is 232 g/mol. The molecule has 0 aromatic heterocycles. The van der Waals surface area contributed by atoms with Crippen LogP contribution in [0.3, 0.4) is 0 Å². The maximum absolute atomic E-state index is 10.8. The normalized spacial score (nSPS) is 9.69. The van der Waals surface area contributed by atoms with Crippen molar-refractivity contribution < 1.29 is 19.1 Å². The molecule has 1 rings (SSSR count). The molecule has 0 aliphatic carbocycles. The maximum Gasteiger partial charge on any atom is 0.308 e. The van der Waals surface area contributed by atoms with Crippen LogP contribution in [-0.2, 0) is 20.9 Å². The second-order valence-electron chi connectivity index (χ2n) is 3.13. The number of carbonyl (C=O) groups excluding carboxylic acids is 2. The molecule has 16 heavy (non-hydrogen) atoms. The lowest BCUT2D eigenvalue weighted by molar-refractivity contribution is -0.142. The zero-order valence-electron chi connectivity index (χ0n) is 8.95. The molecule has 0 radical (unpaired) electrons. The third kappa shape index (κ3) is 3.90. The first-order valence-corrected chi connectivity index (χ1v) is 4.97. The van der Waals surface area contributed by atoms with Gasteiger partial charge in [-0.2, -0.15) is 0 Å². The van der Waals surface area contributed by atoms with Crippen LogP contribution in [-0.4, -0.2) is 11.9 Å². The van der Waals surface area contributed by atoms with E-state index in [0.717, 1.165) is 0 Å². The number of esters is 2. The van der Waals surface area contributed by atoms with Gasteiger partial charge in [0.05, 0.1) is 0 Å². The summed E-state index contributed by atoms with van der Waals surface area (Å²) in [5.41, 5.74) is 0.554. The van der Waals surface area contributed by atoms with E-state index in [2.05, 4.69) is 0 Å². The first-order chi connectivity index (χ1) is 7.49. The van der Waals surface area contributed by atoms with Gasteiger partial charge in [0.15, 0.2) is 0 Å². The number of carbonyl (C=O) groups is 2. The molecular formula is C11H11ClO4. The minimum Gasteiger partial charge on any atom is -0.461 e. The Hall–Kier alpha value is -1.55. The lowest BCUT2D eigenvalue weighted by atomic mass is 10.2. The fourth-order valence-corrected chi connectivity index (χ4v) is 1.29. The standard InChI is InChI=1S/C11H11ClO4/c1-7(13)15-6-9-5-10(12)3-4-11(9)16-8(2)14/h3-5H,6H2,1-2H3. The van der Waals surface area contributed by atoms with Gasteiger partial charge in [0.2, 0.25) is 0 Å². The molecule has 0 aliphatic rings. The second kappa shape index (κ2) is 5.51. The Morgan fingerprint density at radius 2 is 1.94 bits per heavy atom. The number of halogens is 1. The minimum atomic E-state index is -0.439. The highest BCUT2D eigenvalue weighted by atomic mass is 35.5. The van der Waals surface area contributed by atoms with E-state index in [0.29, 0.717) is 16.3 Å². The molecule has 1 aromatic rings. The SMILES string of the molecule is CC(=O)OCc1cc(Cl)ccc1OC(C)=O. The van der Waals surface area contributed by atoms with Gasteiger partial charge < -0.3 is 9.47 Å². The third-order valence-electron chi connectivity index (χ3n) is 1.71. The zero-order chi connectivity index (χ0) is 12.1. The molecule has 0 heterocycles. The monoisotopic (exact) mass is 242 g/mol. The minimum absolute atomic E-state index is 0.0263. The molecule has 0 saturated heterocycles. The first kappa shape index (κ1) is 12.5. The average Bonchev–Trinajstić information content (AvgIpc) is 2.17. The van der Waals surface area contributed by atoms with Gasteiger partial charge in [-0.1, -0.05) is 11.6 Å². The van der Waals surface area contributed by atoms with E-state index in [-0.39, 0.29) is 6.61 Å². The highest BCUT2D eigenvalue weighted by Gasteiger charge is 2.08. The fourth-order valence-electron chi connectivity index (χ4n) is 1.09. The molecule has 0 spiro atoms. The molecule has 0 atom stereocenters. The van der Waals surface area contributed by atoms with Gasteiger partial charge in [-0.15, -0.1) is 0 Å². The van der Waals surface area contributed by atoms with E-state index < -0.39 is 11.9 Å². The second-order valence-corrected chi connectivity index (χ2v) is 3.56. The van der Waals surface area contributed by atoms with Crippen molar-refractivity contribution in [3.05, 3.63) is 28.8 Å². The van der Waals surface area contributed by atoms with Gasteiger partial charge in [-0.3, -0.25) is 9.59 Å². The van der Waals surface area contributed by atoms with E-state index >= 15 is 0 Å². The van der Waals surface area contributed by atoms with Crippen molar-refractivity contribution >= 4 is 23.5 Å². The summed E-state index contributed by atoms with van der Waals surface area (Å²) in [7, 11) is 0. The lowest BCUT2D eigenvalue weighted by Crippen LogP contribution is -2.06. The van der Waals surface area contributed by atoms with Gasteiger partial charge in [0.1, 0.15) is 12.4 Å². The summed E-state index contributed by atoms with van der Waals surface area (Å²) < 4.78 is 9.76. The molecule has 0 saturated carbocycles. The number of benzene rings is 1. The van der Waals surface area contributed by atoms with Crippen LogP contribution in [0.15, 0.2) is 18.2 Å². The average molecular weight is 243 g/mol. The summed E-state index contributed by atoms with van der Waals surface area (Å²) in [6.07, 6.45) is 0. The Bertz CT molecular complexity index is 414. The van der Waals surface area contributed by atoms with E-state index in [1.54, 1.807) is 18.2 Å². The quantitative estimate of drug-likeness (QED) is 0.603. The molecule has 0 amide bonds. The summed E-state index contributed by atoms with van der Waals surface area (Å²) >= 11 is 5.79. The number of rotatable bonds is 3. The van der Waals surface area contributed by atoms with E-state index in [9.17, 15) is 9.59 Å². The van der Waals surface area contributed by atoms with Crippen molar-refractivity contribution in [2.45, 2.75) is 20.5 Å². The van der Waals surface area contributed by atoms with Crippen molar-refractivity contribution in [1.82, 2.24) is 0 Å².